The van der Waals surface area contributed by atoms with Gasteiger partial charge in [0.2, 0.25) is 0 Å². The zero-order valence-corrected chi connectivity index (χ0v) is 13.2. The predicted molar refractivity (Wildman–Crippen MR) is 84.0 cm³/mol. The minimum Gasteiger partial charge on any atom is -0.300 e. The molecule has 1 aromatic rings. The maximum atomic E-state index is 12.7. The second kappa shape index (κ2) is 6.09. The molecule has 20 heavy (non-hydrogen) atoms. The molecule has 2 rings (SSSR count). The fourth-order valence-electron chi connectivity index (χ4n) is 3.25. The molecule has 1 aromatic carbocycles. The lowest BCUT2D eigenvalue weighted by Crippen LogP contribution is -2.47. The number of rotatable bonds is 4. The van der Waals surface area contributed by atoms with Crippen molar-refractivity contribution < 1.29 is 4.79 Å². The predicted octanol–water partition coefficient (Wildman–Crippen LogP) is 4.02. The Morgan fingerprint density at radius 2 is 1.90 bits per heavy atom. The van der Waals surface area contributed by atoms with Gasteiger partial charge in [0.05, 0.1) is 0 Å². The molecule has 1 fully saturated rings. The largest absolute Gasteiger partial charge is 0.300 e. The third-order valence-electron chi connectivity index (χ3n) is 4.52. The molecule has 0 radical (unpaired) electrons. The van der Waals surface area contributed by atoms with Gasteiger partial charge in [0.1, 0.15) is 0 Å². The fraction of sp³-hybridized carbons (Fsp3) is 0.611. The first kappa shape index (κ1) is 15.2. The van der Waals surface area contributed by atoms with Crippen molar-refractivity contribution in [3.63, 3.8) is 0 Å². The van der Waals surface area contributed by atoms with E-state index in [2.05, 4.69) is 32.6 Å². The summed E-state index contributed by atoms with van der Waals surface area (Å²) in [6.45, 7) is 10.7. The number of Topliss-reactive ketones (excluding diaryl/α,β-unsaturated/α-hetero) is 1. The highest BCUT2D eigenvalue weighted by atomic mass is 16.1. The van der Waals surface area contributed by atoms with Crippen LogP contribution in [-0.2, 0) is 0 Å². The van der Waals surface area contributed by atoms with Crippen molar-refractivity contribution in [3.05, 3.63) is 35.9 Å². The van der Waals surface area contributed by atoms with E-state index >= 15 is 0 Å². The summed E-state index contributed by atoms with van der Waals surface area (Å²) in [5.74, 6) is 1.07. The van der Waals surface area contributed by atoms with Gasteiger partial charge in [-0.1, -0.05) is 51.1 Å². The Labute approximate surface area is 123 Å². The molecule has 110 valence electrons. The monoisotopic (exact) mass is 273 g/mol. The Morgan fingerprint density at radius 3 is 2.50 bits per heavy atom. The third kappa shape index (κ3) is 3.49. The maximum Gasteiger partial charge on any atom is 0.169 e. The number of carbonyl (C=O) groups is 1. The Morgan fingerprint density at radius 1 is 1.25 bits per heavy atom. The highest BCUT2D eigenvalue weighted by molar-refractivity contribution is 6.00. The molecule has 0 N–H and O–H groups in total. The van der Waals surface area contributed by atoms with Gasteiger partial charge in [-0.3, -0.25) is 9.69 Å². The van der Waals surface area contributed by atoms with Crippen LogP contribution in [0.15, 0.2) is 30.3 Å². The molecule has 1 aliphatic rings. The second-order valence-corrected chi connectivity index (χ2v) is 7.03. The Hall–Kier alpha value is -1.15. The van der Waals surface area contributed by atoms with E-state index in [1.165, 1.54) is 12.8 Å². The summed E-state index contributed by atoms with van der Waals surface area (Å²) in [4.78, 5) is 15.2. The van der Waals surface area contributed by atoms with Crippen LogP contribution in [0.2, 0.25) is 0 Å². The molecule has 2 nitrogen and oxygen atoms in total. The molecule has 0 aromatic heterocycles. The first-order valence-electron chi connectivity index (χ1n) is 7.74. The number of piperidine rings is 1. The topological polar surface area (TPSA) is 20.3 Å². The van der Waals surface area contributed by atoms with E-state index in [1.54, 1.807) is 0 Å². The molecule has 0 bridgehead atoms. The third-order valence-corrected chi connectivity index (χ3v) is 4.52. The zero-order valence-electron chi connectivity index (χ0n) is 13.2. The molecule has 0 amide bonds. The normalized spacial score (nSPS) is 24.6. The lowest BCUT2D eigenvalue weighted by atomic mass is 9.82. The van der Waals surface area contributed by atoms with E-state index in [9.17, 15) is 4.79 Å². The van der Waals surface area contributed by atoms with Crippen molar-refractivity contribution in [2.75, 3.05) is 13.1 Å². The van der Waals surface area contributed by atoms with E-state index in [0.29, 0.717) is 6.04 Å². The molecule has 0 saturated carbocycles. The van der Waals surface area contributed by atoms with Crippen molar-refractivity contribution in [3.8, 4) is 0 Å². The minimum atomic E-state index is -0.323. The number of hydrogen-bond acceptors (Lipinski definition) is 2. The molecule has 2 atom stereocenters. The van der Waals surface area contributed by atoms with Crippen molar-refractivity contribution in [1.29, 1.82) is 0 Å². The lowest BCUT2D eigenvalue weighted by molar-refractivity contribution is 0.0612. The highest BCUT2D eigenvalue weighted by Crippen LogP contribution is 2.28. The fourth-order valence-corrected chi connectivity index (χ4v) is 3.25. The van der Waals surface area contributed by atoms with Crippen LogP contribution in [0.4, 0.5) is 0 Å². The average Bonchev–Trinajstić information content (AvgIpc) is 2.42. The second-order valence-electron chi connectivity index (χ2n) is 7.03. The summed E-state index contributed by atoms with van der Waals surface area (Å²) in [7, 11) is 0. The quantitative estimate of drug-likeness (QED) is 0.772. The van der Waals surface area contributed by atoms with Gasteiger partial charge in [-0.25, -0.2) is 0 Å². The Balaban J connectivity index is 2.05. The molecular weight excluding hydrogens is 246 g/mol. The summed E-state index contributed by atoms with van der Waals surface area (Å²) >= 11 is 0. The van der Waals surface area contributed by atoms with Crippen LogP contribution >= 0.6 is 0 Å². The van der Waals surface area contributed by atoms with E-state index in [1.807, 2.05) is 30.3 Å². The number of benzene rings is 1. The van der Waals surface area contributed by atoms with E-state index < -0.39 is 0 Å². The number of ketones is 1. The minimum absolute atomic E-state index is 0.254. The van der Waals surface area contributed by atoms with Crippen LogP contribution in [-0.4, -0.2) is 29.8 Å². The number of hydrogen-bond donors (Lipinski definition) is 0. The summed E-state index contributed by atoms with van der Waals surface area (Å²) in [5.41, 5.74) is 0.506. The van der Waals surface area contributed by atoms with Gasteiger partial charge >= 0.3 is 0 Å². The Bertz CT molecular complexity index is 452. The van der Waals surface area contributed by atoms with Crippen molar-refractivity contribution in [2.45, 2.75) is 46.6 Å². The van der Waals surface area contributed by atoms with Crippen LogP contribution in [0.3, 0.4) is 0 Å². The van der Waals surface area contributed by atoms with Crippen LogP contribution in [0, 0.1) is 11.3 Å². The number of likely N-dealkylation sites (tertiary alicyclic amines) is 1. The molecule has 1 heterocycles. The molecule has 2 heteroatoms. The first-order chi connectivity index (χ1) is 9.40. The maximum absolute atomic E-state index is 12.7. The first-order valence-corrected chi connectivity index (χ1v) is 7.74. The SMILES string of the molecule is CC1CCN(CC(C)(C)C(=O)c2ccccc2)C(C)C1. The van der Waals surface area contributed by atoms with Gasteiger partial charge in [-0.05, 0) is 32.2 Å². The van der Waals surface area contributed by atoms with Gasteiger partial charge in [-0.15, -0.1) is 0 Å². The van der Waals surface area contributed by atoms with Gasteiger partial charge in [0.25, 0.3) is 0 Å². The summed E-state index contributed by atoms with van der Waals surface area (Å²) in [6.07, 6.45) is 2.50. The summed E-state index contributed by atoms with van der Waals surface area (Å²) in [5, 5.41) is 0. The van der Waals surface area contributed by atoms with Gasteiger partial charge in [0, 0.05) is 23.6 Å². The summed E-state index contributed by atoms with van der Waals surface area (Å²) < 4.78 is 0. The Kier molecular flexibility index (Phi) is 4.64. The zero-order chi connectivity index (χ0) is 14.8. The molecule has 0 spiro atoms. The van der Waals surface area contributed by atoms with Gasteiger partial charge < -0.3 is 0 Å². The van der Waals surface area contributed by atoms with Crippen LogP contribution < -0.4 is 0 Å². The standard InChI is InChI=1S/C18H27NO/c1-14-10-11-19(15(2)12-14)13-18(3,4)17(20)16-8-6-5-7-9-16/h5-9,14-15H,10-13H2,1-4H3. The average molecular weight is 273 g/mol. The van der Waals surface area contributed by atoms with E-state index in [0.717, 1.165) is 24.6 Å². The van der Waals surface area contributed by atoms with Crippen molar-refractivity contribution in [1.82, 2.24) is 4.90 Å². The van der Waals surface area contributed by atoms with E-state index in [4.69, 9.17) is 0 Å². The van der Waals surface area contributed by atoms with Crippen LogP contribution in [0.25, 0.3) is 0 Å². The van der Waals surface area contributed by atoms with Crippen LogP contribution in [0.5, 0.6) is 0 Å². The van der Waals surface area contributed by atoms with Gasteiger partial charge in [0.15, 0.2) is 5.78 Å². The molecule has 1 saturated heterocycles. The molecule has 1 aliphatic heterocycles. The summed E-state index contributed by atoms with van der Waals surface area (Å²) in [6, 6.07) is 10.3. The number of carbonyl (C=O) groups excluding carboxylic acids is 1. The molecule has 2 unspecified atom stereocenters. The van der Waals surface area contributed by atoms with Crippen LogP contribution in [0.1, 0.15) is 50.9 Å². The molecular formula is C18H27NO. The number of nitrogens with zero attached hydrogens (tertiary/aromatic N) is 1. The van der Waals surface area contributed by atoms with Gasteiger partial charge in [-0.2, -0.15) is 0 Å². The molecule has 0 aliphatic carbocycles. The van der Waals surface area contributed by atoms with Crippen molar-refractivity contribution in [2.24, 2.45) is 11.3 Å². The smallest absolute Gasteiger partial charge is 0.169 e. The lowest BCUT2D eigenvalue weighted by Gasteiger charge is -2.40. The highest BCUT2D eigenvalue weighted by Gasteiger charge is 2.33. The van der Waals surface area contributed by atoms with Crippen molar-refractivity contribution >= 4 is 5.78 Å². The van der Waals surface area contributed by atoms with E-state index in [-0.39, 0.29) is 11.2 Å².